The van der Waals surface area contributed by atoms with Crippen LogP contribution in [0.4, 0.5) is 0 Å². The molecule has 0 N–H and O–H groups in total. The van der Waals surface area contributed by atoms with Gasteiger partial charge in [0.25, 0.3) is 0 Å². The summed E-state index contributed by atoms with van der Waals surface area (Å²) < 4.78 is 0. The van der Waals surface area contributed by atoms with Crippen LogP contribution >= 0.6 is 18.6 Å². The average Bonchev–Trinajstić information content (AvgIpc) is 2.85. The topological polar surface area (TPSA) is 0 Å². The summed E-state index contributed by atoms with van der Waals surface area (Å²) >= 11 is -0.556. The average molecular weight is 257 g/mol. The molecule has 0 spiro atoms. The van der Waals surface area contributed by atoms with Gasteiger partial charge in [0, 0.05) is 0 Å². The van der Waals surface area contributed by atoms with Crippen LogP contribution < -0.4 is 0 Å². The molecule has 0 heterocycles. The number of hydrogen-bond acceptors (Lipinski definition) is 0. The molecule has 13 heavy (non-hydrogen) atoms. The van der Waals surface area contributed by atoms with Crippen molar-refractivity contribution in [2.24, 2.45) is 0 Å². The van der Waals surface area contributed by atoms with Gasteiger partial charge in [-0.25, -0.2) is 0 Å². The molecule has 3 heteroatoms. The van der Waals surface area contributed by atoms with Crippen LogP contribution in [0.25, 0.3) is 0 Å². The van der Waals surface area contributed by atoms with Crippen molar-refractivity contribution < 1.29 is 17.0 Å². The van der Waals surface area contributed by atoms with Gasteiger partial charge in [-0.05, 0) is 0 Å². The van der Waals surface area contributed by atoms with E-state index in [4.69, 9.17) is 18.6 Å². The Balaban J connectivity index is 0.000000174. The third-order valence-electron chi connectivity index (χ3n) is 2.13. The quantitative estimate of drug-likeness (QED) is 0.427. The summed E-state index contributed by atoms with van der Waals surface area (Å²) in [4.78, 5) is 0. The zero-order valence-electron chi connectivity index (χ0n) is 8.07. The Hall–Kier alpha value is 1.29. The van der Waals surface area contributed by atoms with Crippen molar-refractivity contribution in [2.75, 3.05) is 0 Å². The first-order chi connectivity index (χ1) is 6.41. The van der Waals surface area contributed by atoms with Crippen LogP contribution in [0.15, 0.2) is 0 Å². The predicted octanol–water partition coefficient (Wildman–Crippen LogP) is 4.91. The Kier molecular flexibility index (Phi) is 14.6. The molecule has 2 aliphatic carbocycles. The molecule has 2 saturated carbocycles. The number of hydrogen-bond donors (Lipinski definition) is 0. The van der Waals surface area contributed by atoms with Crippen LogP contribution in [-0.2, 0) is 17.0 Å². The summed E-state index contributed by atoms with van der Waals surface area (Å²) in [5.74, 6) is 0. The van der Waals surface area contributed by atoms with Crippen molar-refractivity contribution >= 4 is 18.6 Å². The van der Waals surface area contributed by atoms with Gasteiger partial charge in [-0.15, -0.1) is 0 Å². The van der Waals surface area contributed by atoms with Gasteiger partial charge in [0.1, 0.15) is 0 Å². The first-order valence-corrected chi connectivity index (χ1v) is 9.31. The molecule has 0 aromatic rings. The zero-order valence-corrected chi connectivity index (χ0v) is 11.1. The molecule has 0 radical (unpaired) electrons. The van der Waals surface area contributed by atoms with Gasteiger partial charge in [-0.3, -0.25) is 0 Å². The van der Waals surface area contributed by atoms with E-state index in [9.17, 15) is 0 Å². The van der Waals surface area contributed by atoms with Crippen LogP contribution in [-0.4, -0.2) is 0 Å². The van der Waals surface area contributed by atoms with E-state index >= 15 is 0 Å². The van der Waals surface area contributed by atoms with Gasteiger partial charge in [0.05, 0.1) is 0 Å². The van der Waals surface area contributed by atoms with E-state index in [-0.39, 0.29) is 0 Å². The van der Waals surface area contributed by atoms with E-state index in [1.54, 1.807) is 0 Å². The predicted molar refractivity (Wildman–Crippen MR) is 57.2 cm³/mol. The number of halogens is 2. The molecule has 2 fully saturated rings. The fraction of sp³-hybridized carbons (Fsp3) is 0.800. The SMILES string of the molecule is [CH-]1CCCC1.[CH-]1CCCC1.[Cl][Ti][Cl]. The second-order valence-electron chi connectivity index (χ2n) is 3.22. The summed E-state index contributed by atoms with van der Waals surface area (Å²) in [6, 6.07) is 0. The molecule has 0 saturated heterocycles. The zero-order chi connectivity index (χ0) is 9.78. The fourth-order valence-corrected chi connectivity index (χ4v) is 1.44. The molecule has 0 unspecified atom stereocenters. The Morgan fingerprint density at radius 2 is 0.923 bits per heavy atom. The second kappa shape index (κ2) is 13.3. The number of rotatable bonds is 0. The van der Waals surface area contributed by atoms with Crippen molar-refractivity contribution in [3.8, 4) is 0 Å². The minimum absolute atomic E-state index is 0.556. The van der Waals surface area contributed by atoms with Crippen molar-refractivity contribution in [3.63, 3.8) is 0 Å². The van der Waals surface area contributed by atoms with Gasteiger partial charge in [-0.2, -0.15) is 25.7 Å². The van der Waals surface area contributed by atoms with Crippen molar-refractivity contribution in [3.05, 3.63) is 12.8 Å². The summed E-state index contributed by atoms with van der Waals surface area (Å²) in [7, 11) is 9.78. The summed E-state index contributed by atoms with van der Waals surface area (Å²) in [6.45, 7) is 0. The Morgan fingerprint density at radius 3 is 1.00 bits per heavy atom. The maximum absolute atomic E-state index is 4.89. The maximum atomic E-state index is 4.89. The monoisotopic (exact) mass is 256 g/mol. The third-order valence-corrected chi connectivity index (χ3v) is 2.13. The molecule has 0 aromatic carbocycles. The summed E-state index contributed by atoms with van der Waals surface area (Å²) in [6.07, 6.45) is 16.0. The van der Waals surface area contributed by atoms with E-state index in [1.807, 2.05) is 0 Å². The molecule has 2 aliphatic rings. The molecule has 78 valence electrons. The first kappa shape index (κ1) is 14.3. The van der Waals surface area contributed by atoms with Gasteiger partial charge in [0.15, 0.2) is 0 Å². The first-order valence-electron chi connectivity index (χ1n) is 5.01. The van der Waals surface area contributed by atoms with Gasteiger partial charge in [-0.1, -0.05) is 25.7 Å². The van der Waals surface area contributed by atoms with Crippen molar-refractivity contribution in [1.82, 2.24) is 0 Å². The van der Waals surface area contributed by atoms with Crippen molar-refractivity contribution in [2.45, 2.75) is 51.4 Å². The van der Waals surface area contributed by atoms with E-state index in [0.717, 1.165) is 0 Å². The van der Waals surface area contributed by atoms with Crippen LogP contribution in [0.2, 0.25) is 0 Å². The van der Waals surface area contributed by atoms with Crippen LogP contribution in [0.3, 0.4) is 0 Å². The van der Waals surface area contributed by atoms with E-state index in [2.05, 4.69) is 12.8 Å². The third kappa shape index (κ3) is 13.3. The van der Waals surface area contributed by atoms with E-state index in [1.165, 1.54) is 51.4 Å². The molecule has 0 amide bonds. The fourth-order valence-electron chi connectivity index (χ4n) is 1.44. The standard InChI is InChI=1S/2C5H9.2ClH.Ti/c2*1-2-4-5-3-1;;;/h2*1H,2-5H2;2*1H;/q2*-1;;;+2/p-2. The molecule has 0 aliphatic heterocycles. The van der Waals surface area contributed by atoms with E-state index in [0.29, 0.717) is 0 Å². The molecule has 0 atom stereocenters. The summed E-state index contributed by atoms with van der Waals surface area (Å²) in [5.41, 5.74) is 0. The minimum atomic E-state index is -0.556. The Bertz CT molecular complexity index is 55.8. The van der Waals surface area contributed by atoms with Crippen LogP contribution in [0.5, 0.6) is 0 Å². The molecule has 0 aromatic heterocycles. The van der Waals surface area contributed by atoms with Crippen LogP contribution in [0.1, 0.15) is 51.4 Å². The van der Waals surface area contributed by atoms with E-state index < -0.39 is 17.0 Å². The Labute approximate surface area is 99.4 Å². The van der Waals surface area contributed by atoms with Gasteiger partial charge < -0.3 is 12.8 Å². The van der Waals surface area contributed by atoms with Crippen LogP contribution in [0, 0.1) is 12.8 Å². The molecule has 0 bridgehead atoms. The van der Waals surface area contributed by atoms with Gasteiger partial charge >= 0.3 is 35.6 Å². The van der Waals surface area contributed by atoms with Crippen molar-refractivity contribution in [1.29, 1.82) is 0 Å². The summed E-state index contributed by atoms with van der Waals surface area (Å²) in [5, 5.41) is 0. The molecular weight excluding hydrogens is 239 g/mol. The second-order valence-corrected chi connectivity index (χ2v) is 5.80. The normalized spacial score (nSPS) is 19.5. The molecule has 2 rings (SSSR count). The van der Waals surface area contributed by atoms with Gasteiger partial charge in [0.2, 0.25) is 0 Å². The molecular formula is C10H18Cl2Ti-2. The Morgan fingerprint density at radius 1 is 0.692 bits per heavy atom. The molecule has 0 nitrogen and oxygen atoms in total.